The molecule has 0 aromatic heterocycles. The quantitative estimate of drug-likeness (QED) is 0.181. The van der Waals surface area contributed by atoms with Crippen LogP contribution in [0.15, 0.2) is 66.7 Å². The second-order valence-corrected chi connectivity index (χ2v) is 9.00. The van der Waals surface area contributed by atoms with Crippen LogP contribution in [-0.2, 0) is 10.3 Å². The van der Waals surface area contributed by atoms with E-state index in [1.165, 1.54) is 42.5 Å². The van der Waals surface area contributed by atoms with Crippen LogP contribution in [0.25, 0.3) is 11.1 Å². The molecule has 0 bridgehead atoms. The van der Waals surface area contributed by atoms with Crippen LogP contribution >= 0.6 is 0 Å². The van der Waals surface area contributed by atoms with Crippen molar-refractivity contribution in [3.05, 3.63) is 115 Å². The highest BCUT2D eigenvalue weighted by atomic mass is 16.6. The van der Waals surface area contributed by atoms with Crippen LogP contribution in [0.5, 0.6) is 23.0 Å². The minimum absolute atomic E-state index is 0.00207. The van der Waals surface area contributed by atoms with Gasteiger partial charge in [-0.2, -0.15) is 0 Å². The lowest BCUT2D eigenvalue weighted by Crippen LogP contribution is -2.33. The molecule has 6 rings (SSSR count). The Labute approximate surface area is 222 Å². The Morgan fingerprint density at radius 3 is 1.95 bits per heavy atom. The fourth-order valence-corrected chi connectivity index (χ4v) is 5.17. The molecule has 0 amide bonds. The summed E-state index contributed by atoms with van der Waals surface area (Å²) in [6.07, 6.45) is 0. The number of phenolic OH excluding ortho intramolecular Hbond substituents is 2. The van der Waals surface area contributed by atoms with E-state index < -0.39 is 38.8 Å². The van der Waals surface area contributed by atoms with E-state index in [9.17, 15) is 45.1 Å². The van der Waals surface area contributed by atoms with Crippen LogP contribution in [0.3, 0.4) is 0 Å². The van der Waals surface area contributed by atoms with E-state index in [1.807, 2.05) is 0 Å². The number of carboxylic acids is 1. The van der Waals surface area contributed by atoms with E-state index in [0.717, 1.165) is 24.3 Å². The molecule has 0 saturated carbocycles. The number of non-ortho nitro benzene ring substituents is 1. The monoisotopic (exact) mass is 542 g/mol. The molecule has 0 aliphatic carbocycles. The SMILES string of the molecule is O=C(O)c1cc(-c2ccc([N+](=O)[O-])cc2[N+](=O)[O-])c2c(c1)C1(OC2=O)c2ccc(O)cc2Oc2cc(O)ccc21. The number of ether oxygens (including phenoxy) is 2. The van der Waals surface area contributed by atoms with Crippen molar-refractivity contribution in [2.24, 2.45) is 0 Å². The Kier molecular flexibility index (Phi) is 5.03. The average molecular weight is 542 g/mol. The molecule has 4 aromatic carbocycles. The highest BCUT2D eigenvalue weighted by molar-refractivity contribution is 6.06. The van der Waals surface area contributed by atoms with Gasteiger partial charge in [0.15, 0.2) is 5.60 Å². The van der Waals surface area contributed by atoms with Crippen LogP contribution in [-0.4, -0.2) is 37.1 Å². The van der Waals surface area contributed by atoms with E-state index in [2.05, 4.69) is 0 Å². The van der Waals surface area contributed by atoms with Gasteiger partial charge >= 0.3 is 11.9 Å². The van der Waals surface area contributed by atoms with Gasteiger partial charge in [0.05, 0.1) is 32.6 Å². The van der Waals surface area contributed by atoms with Gasteiger partial charge in [0.25, 0.3) is 11.4 Å². The number of rotatable bonds is 4. The number of nitro benzene ring substituents is 2. The van der Waals surface area contributed by atoms with E-state index in [1.54, 1.807) is 0 Å². The van der Waals surface area contributed by atoms with Crippen molar-refractivity contribution in [3.63, 3.8) is 0 Å². The zero-order chi connectivity index (χ0) is 28.5. The molecule has 1 spiro atoms. The van der Waals surface area contributed by atoms with Gasteiger partial charge < -0.3 is 24.8 Å². The highest BCUT2D eigenvalue weighted by Crippen LogP contribution is 2.58. The molecule has 3 N–H and O–H groups in total. The van der Waals surface area contributed by atoms with Crippen LogP contribution in [0.4, 0.5) is 11.4 Å². The maximum absolute atomic E-state index is 13.6. The van der Waals surface area contributed by atoms with Gasteiger partial charge in [-0.25, -0.2) is 9.59 Å². The van der Waals surface area contributed by atoms with Crippen LogP contribution < -0.4 is 4.74 Å². The summed E-state index contributed by atoms with van der Waals surface area (Å²) in [4.78, 5) is 47.4. The molecule has 0 saturated heterocycles. The van der Waals surface area contributed by atoms with E-state index in [4.69, 9.17) is 9.47 Å². The van der Waals surface area contributed by atoms with Gasteiger partial charge in [-0.05, 0) is 42.5 Å². The minimum atomic E-state index is -1.84. The molecule has 0 atom stereocenters. The lowest BCUT2D eigenvalue weighted by atomic mass is 9.76. The smallest absolute Gasteiger partial charge is 0.340 e. The predicted molar refractivity (Wildman–Crippen MR) is 134 cm³/mol. The Hall–Kier alpha value is -5.98. The molecule has 0 unspecified atom stereocenters. The molecule has 0 fully saturated rings. The topological polar surface area (TPSA) is 200 Å². The van der Waals surface area contributed by atoms with E-state index in [0.29, 0.717) is 0 Å². The number of hydrogen-bond acceptors (Lipinski definition) is 10. The average Bonchev–Trinajstić information content (AvgIpc) is 3.19. The number of hydrogen-bond donors (Lipinski definition) is 3. The summed E-state index contributed by atoms with van der Waals surface area (Å²) in [5.74, 6) is -2.68. The van der Waals surface area contributed by atoms with Gasteiger partial charge in [0.2, 0.25) is 0 Å². The summed E-state index contributed by atoms with van der Waals surface area (Å²) in [6.45, 7) is 0. The molecule has 13 heteroatoms. The number of benzene rings is 4. The Balaban J connectivity index is 1.74. The summed E-state index contributed by atoms with van der Waals surface area (Å²) in [7, 11) is 0. The van der Waals surface area contributed by atoms with Crippen molar-refractivity contribution in [1.82, 2.24) is 0 Å². The third kappa shape index (κ3) is 3.34. The van der Waals surface area contributed by atoms with Crippen LogP contribution in [0, 0.1) is 20.2 Å². The van der Waals surface area contributed by atoms with Crippen LogP contribution in [0.1, 0.15) is 37.4 Å². The first-order chi connectivity index (χ1) is 19.0. The number of fused-ring (bicyclic) bond motifs is 6. The molecular weight excluding hydrogens is 528 g/mol. The van der Waals surface area contributed by atoms with Gasteiger partial charge in [-0.1, -0.05) is 0 Å². The first kappa shape index (κ1) is 24.4. The Morgan fingerprint density at radius 2 is 1.40 bits per heavy atom. The number of aromatic carboxylic acids is 1. The molecule has 198 valence electrons. The number of nitro groups is 2. The van der Waals surface area contributed by atoms with Gasteiger partial charge in [-0.15, -0.1) is 0 Å². The number of carboxylic acid groups (broad SMARTS) is 1. The van der Waals surface area contributed by atoms with Crippen molar-refractivity contribution in [2.75, 3.05) is 0 Å². The normalized spacial score (nSPS) is 13.9. The van der Waals surface area contributed by atoms with Crippen molar-refractivity contribution in [2.45, 2.75) is 5.60 Å². The Morgan fingerprint density at radius 1 is 0.775 bits per heavy atom. The zero-order valence-corrected chi connectivity index (χ0v) is 19.9. The third-order valence-corrected chi connectivity index (χ3v) is 6.80. The molecular formula is C27H14N2O11. The van der Waals surface area contributed by atoms with Crippen molar-refractivity contribution in [3.8, 4) is 34.1 Å². The molecule has 40 heavy (non-hydrogen) atoms. The van der Waals surface area contributed by atoms with E-state index in [-0.39, 0.29) is 61.9 Å². The summed E-state index contributed by atoms with van der Waals surface area (Å²) in [6, 6.07) is 13.0. The van der Waals surface area contributed by atoms with E-state index >= 15 is 0 Å². The molecule has 2 aliphatic rings. The minimum Gasteiger partial charge on any atom is -0.508 e. The van der Waals surface area contributed by atoms with Gasteiger partial charge in [-0.3, -0.25) is 20.2 Å². The molecule has 13 nitrogen and oxygen atoms in total. The fraction of sp³-hybridized carbons (Fsp3) is 0.0370. The number of esters is 1. The lowest BCUT2D eigenvalue weighted by molar-refractivity contribution is -0.393. The van der Waals surface area contributed by atoms with Crippen molar-refractivity contribution < 1.29 is 44.2 Å². The molecule has 2 heterocycles. The summed E-state index contributed by atoms with van der Waals surface area (Å²) >= 11 is 0. The molecule has 2 aliphatic heterocycles. The third-order valence-electron chi connectivity index (χ3n) is 6.80. The molecule has 0 radical (unpaired) electrons. The van der Waals surface area contributed by atoms with Gasteiger partial charge in [0, 0.05) is 40.5 Å². The number of phenols is 2. The maximum atomic E-state index is 13.6. The van der Waals surface area contributed by atoms with Crippen molar-refractivity contribution >= 4 is 23.3 Å². The summed E-state index contributed by atoms with van der Waals surface area (Å²) in [5.41, 5.74) is -3.71. The molecule has 4 aromatic rings. The Bertz CT molecular complexity index is 1800. The number of nitrogens with zero attached hydrogens (tertiary/aromatic N) is 2. The maximum Gasteiger partial charge on any atom is 0.340 e. The van der Waals surface area contributed by atoms with Gasteiger partial charge in [0.1, 0.15) is 23.0 Å². The standard InChI is InChI=1S/C27H14N2O11/c30-14-2-5-18-22(10-14)39-23-11-15(31)3-6-19(23)27(18)20-8-12(25(32)33)7-17(24(20)26(34)40-27)16-4-1-13(28(35)36)9-21(16)29(37)38/h1-11,30-31H,(H,32,33). The largest absolute Gasteiger partial charge is 0.508 e. The van der Waals surface area contributed by atoms with Crippen molar-refractivity contribution in [1.29, 1.82) is 0 Å². The second kappa shape index (κ2) is 8.26. The fourth-order valence-electron chi connectivity index (χ4n) is 5.17. The first-order valence-electron chi connectivity index (χ1n) is 11.4. The number of carbonyl (C=O) groups excluding carboxylic acids is 1. The predicted octanol–water partition coefficient (Wildman–Crippen LogP) is 4.85. The summed E-state index contributed by atoms with van der Waals surface area (Å²) in [5, 5.41) is 53.4. The zero-order valence-electron chi connectivity index (χ0n) is 19.9. The lowest BCUT2D eigenvalue weighted by Gasteiger charge is -2.36. The second-order valence-electron chi connectivity index (χ2n) is 9.00. The number of aromatic hydroxyl groups is 2. The first-order valence-corrected chi connectivity index (χ1v) is 11.4. The highest BCUT2D eigenvalue weighted by Gasteiger charge is 2.55. The summed E-state index contributed by atoms with van der Waals surface area (Å²) < 4.78 is 11.9. The number of carbonyl (C=O) groups is 2. The van der Waals surface area contributed by atoms with Crippen LogP contribution in [0.2, 0.25) is 0 Å².